The Kier molecular flexibility index (Phi) is 4.78. The third-order valence-corrected chi connectivity index (χ3v) is 3.37. The first-order valence-electron chi connectivity index (χ1n) is 6.74. The average molecular weight is 299 g/mol. The van der Waals surface area contributed by atoms with Crippen LogP contribution in [0.15, 0.2) is 55.1 Å². The topological polar surface area (TPSA) is 66.8 Å². The van der Waals surface area contributed by atoms with Gasteiger partial charge in [0.2, 0.25) is 0 Å². The number of ether oxygens (including phenoxy) is 1. The molecule has 22 heavy (non-hydrogen) atoms. The van der Waals surface area contributed by atoms with Crippen LogP contribution in [0, 0.1) is 0 Å². The van der Waals surface area contributed by atoms with Crippen molar-refractivity contribution in [1.29, 1.82) is 0 Å². The van der Waals surface area contributed by atoms with E-state index in [9.17, 15) is 9.59 Å². The van der Waals surface area contributed by atoms with E-state index in [2.05, 4.69) is 6.58 Å². The summed E-state index contributed by atoms with van der Waals surface area (Å²) in [6.45, 7) is 3.28. The summed E-state index contributed by atoms with van der Waals surface area (Å²) in [6, 6.07) is 12.4. The van der Waals surface area contributed by atoms with E-state index < -0.39 is 18.0 Å². The van der Waals surface area contributed by atoms with Gasteiger partial charge in [-0.1, -0.05) is 36.4 Å². The highest BCUT2D eigenvalue weighted by molar-refractivity contribution is 5.90. The first-order chi connectivity index (χ1) is 10.6. The molecule has 0 aliphatic heterocycles. The molecule has 0 fully saturated rings. The highest BCUT2D eigenvalue weighted by Crippen LogP contribution is 2.24. The molecule has 1 unspecified atom stereocenters. The normalized spacial score (nSPS) is 11.7. The second-order valence-electron chi connectivity index (χ2n) is 4.76. The Morgan fingerprint density at radius 3 is 2.55 bits per heavy atom. The molecular weight excluding hydrogens is 282 g/mol. The molecule has 0 heterocycles. The first kappa shape index (κ1) is 15.6. The minimum atomic E-state index is -1.04. The lowest BCUT2D eigenvalue weighted by Gasteiger charge is -2.28. The Bertz CT molecular complexity index is 711. The number of hydrogen-bond donors (Lipinski definition) is 1. The molecule has 0 aliphatic carbocycles. The quantitative estimate of drug-likeness (QED) is 0.655. The Hall–Kier alpha value is -2.82. The highest BCUT2D eigenvalue weighted by atomic mass is 16.5. The van der Waals surface area contributed by atoms with Crippen LogP contribution in [0.25, 0.3) is 10.8 Å². The van der Waals surface area contributed by atoms with Crippen LogP contribution in [0.1, 0.15) is 0 Å². The molecule has 2 aromatic rings. The Morgan fingerprint density at radius 2 is 1.95 bits per heavy atom. The zero-order chi connectivity index (χ0) is 16.1. The molecule has 1 atom stereocenters. The summed E-state index contributed by atoms with van der Waals surface area (Å²) in [5.41, 5.74) is 0.622. The van der Waals surface area contributed by atoms with Gasteiger partial charge in [-0.3, -0.25) is 4.79 Å². The van der Waals surface area contributed by atoms with Gasteiger partial charge in [0.25, 0.3) is 0 Å². The second kappa shape index (κ2) is 6.76. The largest absolute Gasteiger partial charge is 0.480 e. The van der Waals surface area contributed by atoms with Crippen LogP contribution in [0.3, 0.4) is 0 Å². The number of benzene rings is 2. The molecule has 1 N–H and O–H groups in total. The van der Waals surface area contributed by atoms with Gasteiger partial charge in [0.1, 0.15) is 12.6 Å². The van der Waals surface area contributed by atoms with E-state index in [-0.39, 0.29) is 6.54 Å². The molecular formula is C17H17NO4. The lowest BCUT2D eigenvalue weighted by Crippen LogP contribution is -2.43. The standard InChI is InChI=1S/C17H17NO4/c1-3-15(17(21)22-2)18(11-16(19)20)14-9-8-12-6-4-5-7-13(12)10-14/h3-10,15H,1,11H2,2H3,(H,19,20). The van der Waals surface area contributed by atoms with Crippen LogP contribution in [0.2, 0.25) is 0 Å². The second-order valence-corrected chi connectivity index (χ2v) is 4.76. The minimum Gasteiger partial charge on any atom is -0.480 e. The average Bonchev–Trinajstić information content (AvgIpc) is 2.53. The van der Waals surface area contributed by atoms with Crippen molar-refractivity contribution in [2.24, 2.45) is 0 Å². The van der Waals surface area contributed by atoms with Crippen LogP contribution in [0.5, 0.6) is 0 Å². The number of esters is 1. The van der Waals surface area contributed by atoms with Crippen molar-refractivity contribution in [2.75, 3.05) is 18.6 Å². The van der Waals surface area contributed by atoms with E-state index in [4.69, 9.17) is 9.84 Å². The van der Waals surface area contributed by atoms with Crippen LogP contribution in [0.4, 0.5) is 5.69 Å². The highest BCUT2D eigenvalue weighted by Gasteiger charge is 2.26. The summed E-state index contributed by atoms with van der Waals surface area (Å²) in [6.07, 6.45) is 1.38. The zero-order valence-corrected chi connectivity index (χ0v) is 12.2. The Balaban J connectivity index is 2.48. The van der Waals surface area contributed by atoms with E-state index in [1.807, 2.05) is 36.4 Å². The number of nitrogens with zero attached hydrogens (tertiary/aromatic N) is 1. The van der Waals surface area contributed by atoms with Crippen molar-refractivity contribution in [3.05, 3.63) is 55.1 Å². The molecule has 114 valence electrons. The zero-order valence-electron chi connectivity index (χ0n) is 12.2. The molecule has 0 aromatic heterocycles. The summed E-state index contributed by atoms with van der Waals surface area (Å²) in [5, 5.41) is 11.1. The lowest BCUT2D eigenvalue weighted by atomic mass is 10.1. The predicted octanol–water partition coefficient (Wildman–Crippen LogP) is 2.46. The van der Waals surface area contributed by atoms with E-state index in [1.165, 1.54) is 18.1 Å². The maximum Gasteiger partial charge on any atom is 0.332 e. The van der Waals surface area contributed by atoms with Crippen molar-refractivity contribution in [3.63, 3.8) is 0 Å². The molecule has 0 radical (unpaired) electrons. The summed E-state index contributed by atoms with van der Waals surface area (Å²) in [7, 11) is 1.26. The molecule has 0 amide bonds. The van der Waals surface area contributed by atoms with Gasteiger partial charge < -0.3 is 14.7 Å². The van der Waals surface area contributed by atoms with Crippen LogP contribution >= 0.6 is 0 Å². The number of carbonyl (C=O) groups is 2. The molecule has 0 spiro atoms. The Morgan fingerprint density at radius 1 is 1.27 bits per heavy atom. The van der Waals surface area contributed by atoms with Gasteiger partial charge in [0.05, 0.1) is 7.11 Å². The smallest absolute Gasteiger partial charge is 0.332 e. The summed E-state index contributed by atoms with van der Waals surface area (Å²) in [5.74, 6) is -1.59. The number of fused-ring (bicyclic) bond motifs is 1. The van der Waals surface area contributed by atoms with E-state index in [1.54, 1.807) is 6.07 Å². The molecule has 0 saturated heterocycles. The minimum absolute atomic E-state index is 0.329. The van der Waals surface area contributed by atoms with Gasteiger partial charge in [0.15, 0.2) is 0 Å². The number of carboxylic acid groups (broad SMARTS) is 1. The Labute approximate surface area is 128 Å². The van der Waals surface area contributed by atoms with Gasteiger partial charge in [-0.25, -0.2) is 4.79 Å². The third kappa shape index (κ3) is 3.25. The number of rotatable bonds is 6. The summed E-state index contributed by atoms with van der Waals surface area (Å²) in [4.78, 5) is 24.5. The maximum atomic E-state index is 11.9. The molecule has 0 bridgehead atoms. The fourth-order valence-corrected chi connectivity index (χ4v) is 2.32. The van der Waals surface area contributed by atoms with Crippen molar-refractivity contribution in [2.45, 2.75) is 6.04 Å². The van der Waals surface area contributed by atoms with Gasteiger partial charge in [-0.15, -0.1) is 6.58 Å². The van der Waals surface area contributed by atoms with Crippen LogP contribution < -0.4 is 4.90 Å². The molecule has 2 rings (SSSR count). The molecule has 5 heteroatoms. The van der Waals surface area contributed by atoms with Crippen molar-refractivity contribution < 1.29 is 19.4 Å². The van der Waals surface area contributed by atoms with Gasteiger partial charge in [0, 0.05) is 5.69 Å². The molecule has 5 nitrogen and oxygen atoms in total. The SMILES string of the molecule is C=CC(C(=O)OC)N(CC(=O)O)c1ccc2ccccc2c1. The third-order valence-electron chi connectivity index (χ3n) is 3.37. The van der Waals surface area contributed by atoms with Crippen LogP contribution in [-0.2, 0) is 14.3 Å². The first-order valence-corrected chi connectivity index (χ1v) is 6.74. The molecule has 0 saturated carbocycles. The fraction of sp³-hybridized carbons (Fsp3) is 0.176. The van der Waals surface area contributed by atoms with Crippen molar-refractivity contribution in [1.82, 2.24) is 0 Å². The number of anilines is 1. The summed E-state index contributed by atoms with van der Waals surface area (Å²) < 4.78 is 4.73. The van der Waals surface area contributed by atoms with Crippen molar-refractivity contribution in [3.8, 4) is 0 Å². The van der Waals surface area contributed by atoms with Gasteiger partial charge in [-0.05, 0) is 22.9 Å². The van der Waals surface area contributed by atoms with Crippen LogP contribution in [-0.4, -0.2) is 36.7 Å². The van der Waals surface area contributed by atoms with Gasteiger partial charge in [-0.2, -0.15) is 0 Å². The van der Waals surface area contributed by atoms with E-state index in [0.717, 1.165) is 10.8 Å². The lowest BCUT2D eigenvalue weighted by molar-refractivity contribution is -0.141. The van der Waals surface area contributed by atoms with E-state index in [0.29, 0.717) is 5.69 Å². The maximum absolute atomic E-state index is 11.9. The number of carbonyl (C=O) groups excluding carboxylic acids is 1. The van der Waals surface area contributed by atoms with Gasteiger partial charge >= 0.3 is 11.9 Å². The monoisotopic (exact) mass is 299 g/mol. The van der Waals surface area contributed by atoms with Crippen molar-refractivity contribution >= 4 is 28.4 Å². The van der Waals surface area contributed by atoms with E-state index >= 15 is 0 Å². The number of methoxy groups -OCH3 is 1. The predicted molar refractivity (Wildman–Crippen MR) is 84.9 cm³/mol. The number of carboxylic acids is 1. The summed E-state index contributed by atoms with van der Waals surface area (Å²) >= 11 is 0. The fourth-order valence-electron chi connectivity index (χ4n) is 2.32. The molecule has 0 aliphatic rings. The number of aliphatic carboxylic acids is 1. The molecule has 2 aromatic carbocycles. The number of hydrogen-bond acceptors (Lipinski definition) is 4.